The molecule has 0 aromatic rings. The van der Waals surface area contributed by atoms with Crippen molar-refractivity contribution in [2.45, 2.75) is 51.7 Å². The fourth-order valence-corrected chi connectivity index (χ4v) is 2.32. The molecule has 1 N–H and O–H groups in total. The minimum absolute atomic E-state index is 0.477. The van der Waals surface area contributed by atoms with Gasteiger partial charge in [0, 0.05) is 25.7 Å². The average molecular weight is 228 g/mol. The van der Waals surface area contributed by atoms with Crippen molar-refractivity contribution in [1.29, 1.82) is 0 Å². The molecule has 0 aliphatic carbocycles. The van der Waals surface area contributed by atoms with Gasteiger partial charge in [0.15, 0.2) is 0 Å². The van der Waals surface area contributed by atoms with Crippen LogP contribution in [0.25, 0.3) is 0 Å². The fraction of sp³-hybridized carbons (Fsp3) is 1.00. The van der Waals surface area contributed by atoms with Crippen LogP contribution in [0.5, 0.6) is 0 Å². The van der Waals surface area contributed by atoms with Gasteiger partial charge in [0.1, 0.15) is 0 Å². The number of nitrogens with one attached hydrogen (secondary N) is 1. The Hall–Kier alpha value is -0.120. The summed E-state index contributed by atoms with van der Waals surface area (Å²) in [6.45, 7) is 8.77. The molecule has 96 valence electrons. The van der Waals surface area contributed by atoms with E-state index in [0.717, 1.165) is 26.2 Å². The van der Waals surface area contributed by atoms with Crippen LogP contribution in [0.1, 0.15) is 39.5 Å². The molecular weight excluding hydrogens is 200 g/mol. The highest BCUT2D eigenvalue weighted by Crippen LogP contribution is 2.14. The Morgan fingerprint density at radius 2 is 2.25 bits per heavy atom. The molecule has 1 saturated heterocycles. The molecule has 0 bridgehead atoms. The second kappa shape index (κ2) is 8.04. The second-order valence-electron chi connectivity index (χ2n) is 4.84. The SMILES string of the molecule is CCCNCC(CC)N(C)CC1CCCO1. The van der Waals surface area contributed by atoms with Gasteiger partial charge in [-0.25, -0.2) is 0 Å². The first kappa shape index (κ1) is 13.9. The molecule has 3 heteroatoms. The summed E-state index contributed by atoms with van der Waals surface area (Å²) in [6, 6.07) is 0.649. The Labute approximate surface area is 101 Å². The van der Waals surface area contributed by atoms with E-state index in [4.69, 9.17) is 4.74 Å². The lowest BCUT2D eigenvalue weighted by atomic mass is 10.1. The summed E-state index contributed by atoms with van der Waals surface area (Å²) in [5.74, 6) is 0. The Kier molecular flexibility index (Phi) is 7.01. The van der Waals surface area contributed by atoms with E-state index in [1.807, 2.05) is 0 Å². The smallest absolute Gasteiger partial charge is 0.0702 e. The molecule has 1 heterocycles. The Morgan fingerprint density at radius 3 is 2.81 bits per heavy atom. The number of likely N-dealkylation sites (N-methyl/N-ethyl adjacent to an activating group) is 1. The third-order valence-corrected chi connectivity index (χ3v) is 3.42. The van der Waals surface area contributed by atoms with Gasteiger partial charge in [-0.15, -0.1) is 0 Å². The van der Waals surface area contributed by atoms with Crippen molar-refractivity contribution in [2.24, 2.45) is 0 Å². The summed E-state index contributed by atoms with van der Waals surface area (Å²) in [4.78, 5) is 2.46. The van der Waals surface area contributed by atoms with E-state index < -0.39 is 0 Å². The second-order valence-corrected chi connectivity index (χ2v) is 4.84. The number of hydrogen-bond acceptors (Lipinski definition) is 3. The first-order valence-electron chi connectivity index (χ1n) is 6.80. The normalized spacial score (nSPS) is 22.9. The van der Waals surface area contributed by atoms with Gasteiger partial charge in [-0.3, -0.25) is 4.90 Å². The van der Waals surface area contributed by atoms with Gasteiger partial charge in [0.05, 0.1) is 6.10 Å². The van der Waals surface area contributed by atoms with Crippen LogP contribution in [0.3, 0.4) is 0 Å². The van der Waals surface area contributed by atoms with Crippen molar-refractivity contribution in [3.63, 3.8) is 0 Å². The van der Waals surface area contributed by atoms with Crippen molar-refractivity contribution in [3.8, 4) is 0 Å². The van der Waals surface area contributed by atoms with Crippen LogP contribution in [0.4, 0.5) is 0 Å². The number of hydrogen-bond donors (Lipinski definition) is 1. The highest BCUT2D eigenvalue weighted by Gasteiger charge is 2.20. The monoisotopic (exact) mass is 228 g/mol. The van der Waals surface area contributed by atoms with Gasteiger partial charge in [-0.1, -0.05) is 13.8 Å². The number of rotatable bonds is 8. The molecule has 2 atom stereocenters. The van der Waals surface area contributed by atoms with Crippen LogP contribution in [0.15, 0.2) is 0 Å². The molecule has 1 rings (SSSR count). The zero-order valence-electron chi connectivity index (χ0n) is 11.2. The van der Waals surface area contributed by atoms with Crippen molar-refractivity contribution in [3.05, 3.63) is 0 Å². The lowest BCUT2D eigenvalue weighted by molar-refractivity contribution is 0.0671. The fourth-order valence-electron chi connectivity index (χ4n) is 2.32. The molecule has 0 saturated carbocycles. The Morgan fingerprint density at radius 1 is 1.44 bits per heavy atom. The van der Waals surface area contributed by atoms with Crippen molar-refractivity contribution < 1.29 is 4.74 Å². The largest absolute Gasteiger partial charge is 0.377 e. The summed E-state index contributed by atoms with van der Waals surface area (Å²) >= 11 is 0. The molecule has 1 fully saturated rings. The molecule has 1 aliphatic heterocycles. The first-order chi connectivity index (χ1) is 7.77. The summed E-state index contributed by atoms with van der Waals surface area (Å²) in [6.07, 6.45) is 5.38. The number of nitrogens with zero attached hydrogens (tertiary/aromatic N) is 1. The molecule has 3 nitrogen and oxygen atoms in total. The molecule has 1 aliphatic rings. The van der Waals surface area contributed by atoms with Crippen molar-refractivity contribution in [1.82, 2.24) is 10.2 Å². The maximum absolute atomic E-state index is 5.68. The molecule has 0 aromatic heterocycles. The van der Waals surface area contributed by atoms with Gasteiger partial charge in [0.2, 0.25) is 0 Å². The quantitative estimate of drug-likeness (QED) is 0.642. The topological polar surface area (TPSA) is 24.5 Å². The van der Waals surface area contributed by atoms with Gasteiger partial charge in [-0.05, 0) is 39.3 Å². The van der Waals surface area contributed by atoms with Crippen LogP contribution in [0, 0.1) is 0 Å². The first-order valence-corrected chi connectivity index (χ1v) is 6.80. The van der Waals surface area contributed by atoms with E-state index in [9.17, 15) is 0 Å². The summed E-state index contributed by atoms with van der Waals surface area (Å²) in [7, 11) is 2.23. The summed E-state index contributed by atoms with van der Waals surface area (Å²) in [5, 5.41) is 3.51. The predicted octanol–water partition coefficient (Wildman–Crippen LogP) is 1.88. The highest BCUT2D eigenvalue weighted by molar-refractivity contribution is 4.75. The summed E-state index contributed by atoms with van der Waals surface area (Å²) in [5.41, 5.74) is 0. The lowest BCUT2D eigenvalue weighted by Gasteiger charge is -2.29. The zero-order chi connectivity index (χ0) is 11.8. The minimum atomic E-state index is 0.477. The standard InChI is InChI=1S/C13H28N2O/c1-4-8-14-10-12(5-2)15(3)11-13-7-6-9-16-13/h12-14H,4-11H2,1-3H3. The van der Waals surface area contributed by atoms with Crippen molar-refractivity contribution in [2.75, 3.05) is 33.3 Å². The zero-order valence-corrected chi connectivity index (χ0v) is 11.2. The Balaban J connectivity index is 2.21. The van der Waals surface area contributed by atoms with Gasteiger partial charge >= 0.3 is 0 Å². The third kappa shape index (κ3) is 4.81. The molecule has 0 amide bonds. The van der Waals surface area contributed by atoms with Gasteiger partial charge in [0.25, 0.3) is 0 Å². The molecule has 2 unspecified atom stereocenters. The van der Waals surface area contributed by atoms with Crippen LogP contribution in [-0.2, 0) is 4.74 Å². The summed E-state index contributed by atoms with van der Waals surface area (Å²) < 4.78 is 5.68. The lowest BCUT2D eigenvalue weighted by Crippen LogP contribution is -2.43. The highest BCUT2D eigenvalue weighted by atomic mass is 16.5. The van der Waals surface area contributed by atoms with Gasteiger partial charge < -0.3 is 10.1 Å². The molecule has 0 spiro atoms. The van der Waals surface area contributed by atoms with Crippen molar-refractivity contribution >= 4 is 0 Å². The molecule has 0 aromatic carbocycles. The van der Waals surface area contributed by atoms with E-state index in [1.54, 1.807) is 0 Å². The average Bonchev–Trinajstić information content (AvgIpc) is 2.77. The maximum atomic E-state index is 5.68. The van der Waals surface area contributed by atoms with E-state index >= 15 is 0 Å². The van der Waals surface area contributed by atoms with Gasteiger partial charge in [-0.2, -0.15) is 0 Å². The van der Waals surface area contributed by atoms with E-state index in [0.29, 0.717) is 12.1 Å². The van der Waals surface area contributed by atoms with Crippen LogP contribution < -0.4 is 5.32 Å². The van der Waals surface area contributed by atoms with E-state index in [1.165, 1.54) is 25.7 Å². The van der Waals surface area contributed by atoms with E-state index in [2.05, 4.69) is 31.1 Å². The maximum Gasteiger partial charge on any atom is 0.0702 e. The predicted molar refractivity (Wildman–Crippen MR) is 68.8 cm³/mol. The minimum Gasteiger partial charge on any atom is -0.377 e. The third-order valence-electron chi connectivity index (χ3n) is 3.42. The van der Waals surface area contributed by atoms with E-state index in [-0.39, 0.29) is 0 Å². The molecule has 0 radical (unpaired) electrons. The van der Waals surface area contributed by atoms with Crippen LogP contribution in [-0.4, -0.2) is 50.3 Å². The Bertz CT molecular complexity index is 169. The van der Waals surface area contributed by atoms with Crippen LogP contribution in [0.2, 0.25) is 0 Å². The molecular formula is C13H28N2O. The van der Waals surface area contributed by atoms with Crippen LogP contribution >= 0.6 is 0 Å². The number of ether oxygens (including phenoxy) is 1. The molecule has 16 heavy (non-hydrogen) atoms.